The van der Waals surface area contributed by atoms with E-state index in [-0.39, 0.29) is 5.91 Å². The highest BCUT2D eigenvalue weighted by Crippen LogP contribution is 2.11. The average molecular weight is 376 g/mol. The topological polar surface area (TPSA) is 64.2 Å². The Morgan fingerprint density at radius 3 is 2.43 bits per heavy atom. The number of nitrogens with one attached hydrogen (secondary N) is 2. The molecule has 6 heteroatoms. The number of rotatable bonds is 6. The molecule has 1 aliphatic heterocycles. The van der Waals surface area contributed by atoms with Gasteiger partial charge in [-0.25, -0.2) is 0 Å². The van der Waals surface area contributed by atoms with Crippen molar-refractivity contribution >= 4 is 5.91 Å². The highest BCUT2D eigenvalue weighted by molar-refractivity contribution is 5.93. The lowest BCUT2D eigenvalue weighted by Gasteiger charge is -2.15. The molecule has 0 radical (unpaired) electrons. The number of nitrogens with zero attached hydrogens (tertiary/aromatic N) is 3. The summed E-state index contributed by atoms with van der Waals surface area (Å²) in [7, 11) is 0. The average Bonchev–Trinajstić information content (AvgIpc) is 3.37. The molecule has 1 fully saturated rings. The van der Waals surface area contributed by atoms with E-state index in [9.17, 15) is 4.79 Å². The van der Waals surface area contributed by atoms with Crippen molar-refractivity contribution in [1.29, 1.82) is 0 Å². The number of likely N-dealkylation sites (tertiary alicyclic amines) is 1. The summed E-state index contributed by atoms with van der Waals surface area (Å²) in [5.41, 5.74) is 4.30. The van der Waals surface area contributed by atoms with Gasteiger partial charge in [-0.15, -0.1) is 5.10 Å². The van der Waals surface area contributed by atoms with Crippen LogP contribution in [-0.2, 0) is 13.1 Å². The molecule has 0 spiro atoms. The fraction of sp³-hybridized carbons (Fsp3) is 0.318. The molecule has 2 heterocycles. The van der Waals surface area contributed by atoms with E-state index in [1.165, 1.54) is 41.9 Å². The van der Waals surface area contributed by atoms with Crippen LogP contribution in [-0.4, -0.2) is 34.0 Å². The fourth-order valence-corrected chi connectivity index (χ4v) is 3.75. The zero-order valence-electron chi connectivity index (χ0n) is 16.2. The molecule has 1 aromatic heterocycles. The number of hydrogen-bond donors (Lipinski definition) is 2. The van der Waals surface area contributed by atoms with Crippen LogP contribution in [0.1, 0.15) is 40.2 Å². The van der Waals surface area contributed by atoms with Crippen LogP contribution in [0, 0.1) is 6.92 Å². The second-order valence-electron chi connectivity index (χ2n) is 7.34. The first-order valence-corrected chi connectivity index (χ1v) is 9.88. The number of quaternary nitrogens is 1. The Bertz CT molecular complexity index is 945. The summed E-state index contributed by atoms with van der Waals surface area (Å²) >= 11 is 0. The van der Waals surface area contributed by atoms with Crippen molar-refractivity contribution in [3.63, 3.8) is 0 Å². The van der Waals surface area contributed by atoms with Gasteiger partial charge in [-0.3, -0.25) is 4.79 Å². The van der Waals surface area contributed by atoms with Gasteiger partial charge in [0.05, 0.1) is 24.5 Å². The largest absolute Gasteiger partial charge is 0.346 e. The quantitative estimate of drug-likeness (QED) is 0.688. The SMILES string of the molecule is Cc1nn(-c2ccccc2)nc1C(=O)NCc1ccccc1C[NH+]1CCCC1. The fourth-order valence-electron chi connectivity index (χ4n) is 3.75. The van der Waals surface area contributed by atoms with Crippen LogP contribution in [0.2, 0.25) is 0 Å². The van der Waals surface area contributed by atoms with Gasteiger partial charge in [0.1, 0.15) is 6.54 Å². The molecule has 0 aliphatic carbocycles. The molecule has 1 saturated heterocycles. The minimum Gasteiger partial charge on any atom is -0.346 e. The standard InChI is InChI=1S/C22H25N5O/c1-17-21(25-27(24-17)20-11-3-2-4-12-20)22(28)23-15-18-9-5-6-10-19(18)16-26-13-7-8-14-26/h2-6,9-12H,7-8,13-16H2,1H3,(H,23,28)/p+1. The van der Waals surface area contributed by atoms with Crippen LogP contribution in [0.5, 0.6) is 0 Å². The van der Waals surface area contributed by atoms with Crippen molar-refractivity contribution in [2.45, 2.75) is 32.9 Å². The Morgan fingerprint density at radius 2 is 1.68 bits per heavy atom. The molecule has 3 aromatic rings. The number of hydrogen-bond acceptors (Lipinski definition) is 3. The zero-order valence-corrected chi connectivity index (χ0v) is 16.2. The lowest BCUT2D eigenvalue weighted by atomic mass is 10.1. The molecule has 1 aliphatic rings. The Hall–Kier alpha value is -2.99. The monoisotopic (exact) mass is 376 g/mol. The van der Waals surface area contributed by atoms with E-state index in [0.717, 1.165) is 12.2 Å². The molecule has 0 unspecified atom stereocenters. The predicted octanol–water partition coefficient (Wildman–Crippen LogP) is 1.68. The molecule has 6 nitrogen and oxygen atoms in total. The Morgan fingerprint density at radius 1 is 1.00 bits per heavy atom. The molecule has 0 saturated carbocycles. The zero-order chi connectivity index (χ0) is 19.3. The van der Waals surface area contributed by atoms with Gasteiger partial charge < -0.3 is 10.2 Å². The van der Waals surface area contributed by atoms with Crippen LogP contribution in [0.15, 0.2) is 54.6 Å². The third-order valence-electron chi connectivity index (χ3n) is 5.29. The van der Waals surface area contributed by atoms with Crippen molar-refractivity contribution in [2.24, 2.45) is 0 Å². The smallest absolute Gasteiger partial charge is 0.274 e. The van der Waals surface area contributed by atoms with Gasteiger partial charge in [0.2, 0.25) is 0 Å². The number of aryl methyl sites for hydroxylation is 1. The summed E-state index contributed by atoms with van der Waals surface area (Å²) < 4.78 is 0. The van der Waals surface area contributed by atoms with E-state index in [1.807, 2.05) is 43.3 Å². The summed E-state index contributed by atoms with van der Waals surface area (Å²) in [5.74, 6) is -0.192. The first-order valence-electron chi connectivity index (χ1n) is 9.88. The highest BCUT2D eigenvalue weighted by atomic mass is 16.2. The van der Waals surface area contributed by atoms with Gasteiger partial charge >= 0.3 is 0 Å². The van der Waals surface area contributed by atoms with Crippen molar-refractivity contribution in [1.82, 2.24) is 20.3 Å². The highest BCUT2D eigenvalue weighted by Gasteiger charge is 2.19. The Balaban J connectivity index is 1.44. The van der Waals surface area contributed by atoms with Gasteiger partial charge in [0.25, 0.3) is 5.91 Å². The summed E-state index contributed by atoms with van der Waals surface area (Å²) in [6.45, 7) is 5.81. The number of para-hydroxylation sites is 1. The molecular weight excluding hydrogens is 350 g/mol. The lowest BCUT2D eigenvalue weighted by molar-refractivity contribution is -0.901. The first kappa shape index (κ1) is 18.4. The maximum Gasteiger partial charge on any atom is 0.274 e. The third kappa shape index (κ3) is 4.12. The van der Waals surface area contributed by atoms with Gasteiger partial charge in [0.15, 0.2) is 5.69 Å². The van der Waals surface area contributed by atoms with E-state index >= 15 is 0 Å². The summed E-state index contributed by atoms with van der Waals surface area (Å²) in [6, 6.07) is 18.0. The van der Waals surface area contributed by atoms with E-state index in [2.05, 4.69) is 33.7 Å². The third-order valence-corrected chi connectivity index (χ3v) is 5.29. The molecule has 144 valence electrons. The number of aromatic nitrogens is 3. The number of benzene rings is 2. The molecule has 0 atom stereocenters. The van der Waals surface area contributed by atoms with Crippen molar-refractivity contribution in [3.8, 4) is 5.69 Å². The molecule has 2 aromatic carbocycles. The van der Waals surface area contributed by atoms with Gasteiger partial charge in [-0.05, 0) is 24.6 Å². The Kier molecular flexibility index (Phi) is 5.48. The Labute approximate surface area is 165 Å². The minimum atomic E-state index is -0.192. The maximum absolute atomic E-state index is 12.7. The number of amides is 1. The van der Waals surface area contributed by atoms with Gasteiger partial charge in [0, 0.05) is 24.9 Å². The molecule has 2 N–H and O–H groups in total. The molecule has 0 bridgehead atoms. The van der Waals surface area contributed by atoms with Crippen molar-refractivity contribution < 1.29 is 9.69 Å². The molecular formula is C22H26N5O+. The minimum absolute atomic E-state index is 0.192. The number of carbonyl (C=O) groups is 1. The second-order valence-corrected chi connectivity index (χ2v) is 7.34. The maximum atomic E-state index is 12.7. The van der Waals surface area contributed by atoms with E-state index in [0.29, 0.717) is 17.9 Å². The van der Waals surface area contributed by atoms with Crippen LogP contribution in [0.3, 0.4) is 0 Å². The lowest BCUT2D eigenvalue weighted by Crippen LogP contribution is -3.08. The first-order chi connectivity index (χ1) is 13.7. The van der Waals surface area contributed by atoms with Crippen LogP contribution >= 0.6 is 0 Å². The van der Waals surface area contributed by atoms with Crippen LogP contribution in [0.25, 0.3) is 5.69 Å². The molecule has 28 heavy (non-hydrogen) atoms. The molecule has 1 amide bonds. The van der Waals surface area contributed by atoms with Crippen molar-refractivity contribution in [2.75, 3.05) is 13.1 Å². The second kappa shape index (κ2) is 8.35. The summed E-state index contributed by atoms with van der Waals surface area (Å²) in [5, 5.41) is 11.8. The normalized spacial score (nSPS) is 14.3. The van der Waals surface area contributed by atoms with Crippen LogP contribution in [0.4, 0.5) is 0 Å². The summed E-state index contributed by atoms with van der Waals surface area (Å²) in [6.07, 6.45) is 2.62. The summed E-state index contributed by atoms with van der Waals surface area (Å²) in [4.78, 5) is 15.8. The van der Waals surface area contributed by atoms with Crippen molar-refractivity contribution in [3.05, 3.63) is 77.1 Å². The van der Waals surface area contributed by atoms with Gasteiger partial charge in [-0.1, -0.05) is 42.5 Å². The van der Waals surface area contributed by atoms with E-state index in [1.54, 1.807) is 4.90 Å². The van der Waals surface area contributed by atoms with Crippen LogP contribution < -0.4 is 10.2 Å². The van der Waals surface area contributed by atoms with E-state index in [4.69, 9.17) is 0 Å². The molecule has 4 rings (SSSR count). The predicted molar refractivity (Wildman–Crippen MR) is 107 cm³/mol. The van der Waals surface area contributed by atoms with E-state index < -0.39 is 0 Å². The number of carbonyl (C=O) groups excluding carboxylic acids is 1. The van der Waals surface area contributed by atoms with Gasteiger partial charge in [-0.2, -0.15) is 9.90 Å².